The third kappa shape index (κ3) is 5.86. The topological polar surface area (TPSA) is 71.1 Å². The summed E-state index contributed by atoms with van der Waals surface area (Å²) in [5, 5.41) is 2.91. The first-order valence-electron chi connectivity index (χ1n) is 9.99. The van der Waals surface area contributed by atoms with Crippen LogP contribution in [0.1, 0.15) is 39.2 Å². The third-order valence-corrected chi connectivity index (χ3v) is 5.07. The zero-order valence-electron chi connectivity index (χ0n) is 17.0. The minimum atomic E-state index is -0.477. The number of benzene rings is 1. The lowest BCUT2D eigenvalue weighted by atomic mass is 9.98. The maximum absolute atomic E-state index is 12.2. The van der Waals surface area contributed by atoms with Crippen molar-refractivity contribution in [2.75, 3.05) is 26.2 Å². The molecule has 7 heteroatoms. The molecule has 7 nitrogen and oxygen atoms in total. The number of piperidine rings is 1. The Morgan fingerprint density at radius 2 is 1.75 bits per heavy atom. The number of carbonyl (C=O) groups excluding carboxylic acids is 2. The molecule has 0 spiro atoms. The van der Waals surface area contributed by atoms with Crippen molar-refractivity contribution >= 4 is 12.2 Å². The van der Waals surface area contributed by atoms with Crippen molar-refractivity contribution in [3.63, 3.8) is 0 Å². The number of hydrogen-bond acceptors (Lipinski definition) is 5. The van der Waals surface area contributed by atoms with Crippen molar-refractivity contribution in [1.29, 1.82) is 0 Å². The van der Waals surface area contributed by atoms with E-state index in [4.69, 9.17) is 9.47 Å². The molecule has 2 fully saturated rings. The molecule has 2 aliphatic rings. The van der Waals surface area contributed by atoms with Crippen LogP contribution in [0.4, 0.5) is 9.59 Å². The van der Waals surface area contributed by atoms with Crippen molar-refractivity contribution in [3.05, 3.63) is 35.9 Å². The minimum absolute atomic E-state index is 0.142. The molecular weight excluding hydrogens is 358 g/mol. The molecule has 0 radical (unpaired) electrons. The van der Waals surface area contributed by atoms with E-state index < -0.39 is 5.60 Å². The predicted molar refractivity (Wildman–Crippen MR) is 106 cm³/mol. The summed E-state index contributed by atoms with van der Waals surface area (Å²) in [6.07, 6.45) is 1.27. The lowest BCUT2D eigenvalue weighted by Crippen LogP contribution is -2.63. The molecule has 154 valence electrons. The van der Waals surface area contributed by atoms with E-state index in [2.05, 4.69) is 10.2 Å². The molecular formula is C21H31N3O4. The standard InChI is InChI=1S/C21H31N3O4/c1-21(2,3)28-19(25)22-17-13-24(14-17)18-9-11-23(12-10-18)20(26)27-15-16-7-5-4-6-8-16/h4-8,17-18H,9-15H2,1-3H3,(H,22,25). The fraction of sp³-hybridized carbons (Fsp3) is 0.619. The fourth-order valence-electron chi connectivity index (χ4n) is 3.60. The number of carbonyl (C=O) groups is 2. The number of likely N-dealkylation sites (tertiary alicyclic amines) is 2. The van der Waals surface area contributed by atoms with Crippen LogP contribution in [0.25, 0.3) is 0 Å². The van der Waals surface area contributed by atoms with Crippen molar-refractivity contribution in [3.8, 4) is 0 Å². The molecule has 2 aliphatic heterocycles. The van der Waals surface area contributed by atoms with Gasteiger partial charge in [0.1, 0.15) is 12.2 Å². The second-order valence-corrected chi connectivity index (χ2v) is 8.56. The Kier molecular flexibility index (Phi) is 6.44. The Morgan fingerprint density at radius 3 is 2.36 bits per heavy atom. The van der Waals surface area contributed by atoms with E-state index in [1.54, 1.807) is 4.90 Å². The number of ether oxygens (including phenoxy) is 2. The van der Waals surface area contributed by atoms with Gasteiger partial charge in [0, 0.05) is 32.2 Å². The summed E-state index contributed by atoms with van der Waals surface area (Å²) in [7, 11) is 0. The van der Waals surface area contributed by atoms with Crippen LogP contribution < -0.4 is 5.32 Å². The normalized spacial score (nSPS) is 19.0. The molecule has 2 heterocycles. The highest BCUT2D eigenvalue weighted by Crippen LogP contribution is 2.22. The molecule has 1 aromatic rings. The third-order valence-electron chi connectivity index (χ3n) is 5.07. The highest BCUT2D eigenvalue weighted by atomic mass is 16.6. The van der Waals surface area contributed by atoms with Crippen LogP contribution in [0.5, 0.6) is 0 Å². The molecule has 28 heavy (non-hydrogen) atoms. The molecule has 2 amide bonds. The molecule has 2 saturated heterocycles. The van der Waals surface area contributed by atoms with Gasteiger partial charge in [0.25, 0.3) is 0 Å². The van der Waals surface area contributed by atoms with Gasteiger partial charge in [0.2, 0.25) is 0 Å². The van der Waals surface area contributed by atoms with Crippen molar-refractivity contribution in [2.45, 2.75) is 57.9 Å². The first-order valence-corrected chi connectivity index (χ1v) is 9.99. The molecule has 0 aromatic heterocycles. The predicted octanol–water partition coefficient (Wildman–Crippen LogP) is 3.00. The number of nitrogens with zero attached hydrogens (tertiary/aromatic N) is 2. The number of hydrogen-bond donors (Lipinski definition) is 1. The van der Waals surface area contributed by atoms with Crippen LogP contribution >= 0.6 is 0 Å². The van der Waals surface area contributed by atoms with Gasteiger partial charge in [-0.2, -0.15) is 0 Å². The molecule has 3 rings (SSSR count). The van der Waals surface area contributed by atoms with E-state index in [1.165, 1.54) is 0 Å². The molecule has 1 aromatic carbocycles. The van der Waals surface area contributed by atoms with Crippen molar-refractivity contribution < 1.29 is 19.1 Å². The highest BCUT2D eigenvalue weighted by molar-refractivity contribution is 5.68. The van der Waals surface area contributed by atoms with Gasteiger partial charge in [-0.25, -0.2) is 9.59 Å². The SMILES string of the molecule is CC(C)(C)OC(=O)NC1CN(C2CCN(C(=O)OCc3ccccc3)CC2)C1. The Morgan fingerprint density at radius 1 is 1.11 bits per heavy atom. The highest BCUT2D eigenvalue weighted by Gasteiger charge is 2.36. The van der Waals surface area contributed by atoms with Gasteiger partial charge >= 0.3 is 12.2 Å². The first kappa shape index (κ1) is 20.5. The summed E-state index contributed by atoms with van der Waals surface area (Å²) in [5.74, 6) is 0. The molecule has 0 aliphatic carbocycles. The molecule has 0 bridgehead atoms. The summed E-state index contributed by atoms with van der Waals surface area (Å²) in [6.45, 7) is 8.97. The van der Waals surface area contributed by atoms with Gasteiger partial charge in [0.15, 0.2) is 0 Å². The largest absolute Gasteiger partial charge is 0.445 e. The monoisotopic (exact) mass is 389 g/mol. The average molecular weight is 389 g/mol. The molecule has 1 N–H and O–H groups in total. The van der Waals surface area contributed by atoms with E-state index in [0.29, 0.717) is 25.7 Å². The van der Waals surface area contributed by atoms with Gasteiger partial charge in [-0.1, -0.05) is 30.3 Å². The number of nitrogens with one attached hydrogen (secondary N) is 1. The second-order valence-electron chi connectivity index (χ2n) is 8.56. The molecule has 0 atom stereocenters. The van der Waals surface area contributed by atoms with Crippen molar-refractivity contribution in [1.82, 2.24) is 15.1 Å². The van der Waals surface area contributed by atoms with E-state index in [-0.39, 0.29) is 18.2 Å². The van der Waals surface area contributed by atoms with Gasteiger partial charge in [-0.3, -0.25) is 4.90 Å². The first-order chi connectivity index (χ1) is 13.3. The summed E-state index contributed by atoms with van der Waals surface area (Å²) in [6, 6.07) is 10.3. The summed E-state index contributed by atoms with van der Waals surface area (Å²) in [4.78, 5) is 28.2. The van der Waals surface area contributed by atoms with E-state index in [1.807, 2.05) is 51.1 Å². The fourth-order valence-corrected chi connectivity index (χ4v) is 3.60. The van der Waals surface area contributed by atoms with Crippen LogP contribution in [0.2, 0.25) is 0 Å². The van der Waals surface area contributed by atoms with Crippen molar-refractivity contribution in [2.24, 2.45) is 0 Å². The van der Waals surface area contributed by atoms with Gasteiger partial charge in [-0.15, -0.1) is 0 Å². The van der Waals surface area contributed by atoms with Gasteiger partial charge in [-0.05, 0) is 39.2 Å². The number of rotatable bonds is 4. The van der Waals surface area contributed by atoms with E-state index >= 15 is 0 Å². The van der Waals surface area contributed by atoms with E-state index in [9.17, 15) is 9.59 Å². The zero-order valence-corrected chi connectivity index (χ0v) is 17.0. The lowest BCUT2D eigenvalue weighted by molar-refractivity contribution is 0.0167. The Balaban J connectivity index is 1.33. The van der Waals surface area contributed by atoms with Crippen LogP contribution in [0.15, 0.2) is 30.3 Å². The summed E-state index contributed by atoms with van der Waals surface area (Å²) in [5.41, 5.74) is 0.519. The number of amides is 2. The smallest absolute Gasteiger partial charge is 0.410 e. The summed E-state index contributed by atoms with van der Waals surface area (Å²) >= 11 is 0. The van der Waals surface area contributed by atoms with Crippen LogP contribution in [-0.4, -0.2) is 65.9 Å². The number of alkyl carbamates (subject to hydrolysis) is 1. The van der Waals surface area contributed by atoms with E-state index in [0.717, 1.165) is 31.5 Å². The van der Waals surface area contributed by atoms with Gasteiger partial charge < -0.3 is 19.7 Å². The average Bonchev–Trinajstić information content (AvgIpc) is 2.62. The quantitative estimate of drug-likeness (QED) is 0.857. The molecule has 0 saturated carbocycles. The zero-order chi connectivity index (χ0) is 20.1. The van der Waals surface area contributed by atoms with Crippen LogP contribution in [0, 0.1) is 0 Å². The maximum atomic E-state index is 12.2. The lowest BCUT2D eigenvalue weighted by Gasteiger charge is -2.47. The second kappa shape index (κ2) is 8.82. The van der Waals surface area contributed by atoms with Crippen LogP contribution in [-0.2, 0) is 16.1 Å². The maximum Gasteiger partial charge on any atom is 0.410 e. The van der Waals surface area contributed by atoms with Gasteiger partial charge in [0.05, 0.1) is 6.04 Å². The van der Waals surface area contributed by atoms with Crippen LogP contribution in [0.3, 0.4) is 0 Å². The Bertz CT molecular complexity index is 660. The minimum Gasteiger partial charge on any atom is -0.445 e. The summed E-state index contributed by atoms with van der Waals surface area (Å²) < 4.78 is 10.7. The molecule has 0 unspecified atom stereocenters. The Hall–Kier alpha value is -2.28. The Labute approximate surface area is 167 Å².